The number of nitrogens with one attached hydrogen (secondary N) is 1. The van der Waals surface area contributed by atoms with Crippen LogP contribution in [0.5, 0.6) is 5.88 Å². The molecule has 0 bridgehead atoms. The summed E-state index contributed by atoms with van der Waals surface area (Å²) in [7, 11) is 4.08. The van der Waals surface area contributed by atoms with Crippen LogP contribution in [0.1, 0.15) is 19.5 Å². The van der Waals surface area contributed by atoms with Gasteiger partial charge < -0.3 is 15.0 Å². The number of fused-ring (bicyclic) bond motifs is 1. The average molecular weight is 287 g/mol. The van der Waals surface area contributed by atoms with E-state index in [1.807, 2.05) is 27.1 Å². The normalized spacial score (nSPS) is 11.4. The van der Waals surface area contributed by atoms with Gasteiger partial charge in [-0.2, -0.15) is 0 Å². The summed E-state index contributed by atoms with van der Waals surface area (Å²) in [5.74, 6) is 0.722. The second-order valence-electron chi connectivity index (χ2n) is 5.92. The van der Waals surface area contributed by atoms with E-state index in [2.05, 4.69) is 47.2 Å². The molecule has 1 aromatic heterocycles. The number of pyridine rings is 1. The predicted molar refractivity (Wildman–Crippen MR) is 89.3 cm³/mol. The molecule has 0 saturated carbocycles. The molecule has 0 atom stereocenters. The van der Waals surface area contributed by atoms with E-state index in [-0.39, 0.29) is 0 Å². The van der Waals surface area contributed by atoms with Crippen molar-refractivity contribution in [3.8, 4) is 5.88 Å². The summed E-state index contributed by atoms with van der Waals surface area (Å²) in [6.07, 6.45) is 0. The Labute approximate surface area is 127 Å². The first-order valence-corrected chi connectivity index (χ1v) is 7.42. The maximum atomic E-state index is 5.89. The summed E-state index contributed by atoms with van der Waals surface area (Å²) in [6.45, 7) is 7.80. The van der Waals surface area contributed by atoms with Gasteiger partial charge in [0.15, 0.2) is 0 Å². The second kappa shape index (κ2) is 6.76. The number of aromatic nitrogens is 1. The summed E-state index contributed by atoms with van der Waals surface area (Å²) >= 11 is 0. The van der Waals surface area contributed by atoms with Crippen LogP contribution in [0.25, 0.3) is 10.8 Å². The van der Waals surface area contributed by atoms with Crippen molar-refractivity contribution < 1.29 is 4.74 Å². The zero-order valence-electron chi connectivity index (χ0n) is 13.6. The molecule has 0 aliphatic rings. The topological polar surface area (TPSA) is 37.4 Å². The number of aryl methyl sites for hydroxylation is 1. The summed E-state index contributed by atoms with van der Waals surface area (Å²) < 4.78 is 5.89. The number of hydrogen-bond donors (Lipinski definition) is 1. The zero-order valence-corrected chi connectivity index (χ0v) is 13.6. The lowest BCUT2D eigenvalue weighted by Gasteiger charge is -2.16. The van der Waals surface area contributed by atoms with Gasteiger partial charge in [-0.15, -0.1) is 0 Å². The van der Waals surface area contributed by atoms with E-state index in [0.717, 1.165) is 29.2 Å². The summed E-state index contributed by atoms with van der Waals surface area (Å²) in [6, 6.07) is 8.72. The molecule has 21 heavy (non-hydrogen) atoms. The minimum absolute atomic E-state index is 0.391. The highest BCUT2D eigenvalue weighted by atomic mass is 16.5. The number of likely N-dealkylation sites (N-methyl/N-ethyl adjacent to an activating group) is 1. The van der Waals surface area contributed by atoms with Gasteiger partial charge in [0, 0.05) is 34.7 Å². The number of nitrogens with zero attached hydrogens (tertiary/aromatic N) is 2. The van der Waals surface area contributed by atoms with Gasteiger partial charge in [0.2, 0.25) is 5.88 Å². The van der Waals surface area contributed by atoms with Gasteiger partial charge in [0.25, 0.3) is 0 Å². The molecule has 0 saturated heterocycles. The first kappa shape index (κ1) is 15.6. The Bertz CT molecular complexity index is 608. The minimum atomic E-state index is 0.391. The summed E-state index contributed by atoms with van der Waals surface area (Å²) in [5, 5.41) is 5.71. The van der Waals surface area contributed by atoms with E-state index in [4.69, 9.17) is 4.74 Å². The molecule has 0 fully saturated rings. The maximum Gasteiger partial charge on any atom is 0.221 e. The minimum Gasteiger partial charge on any atom is -0.476 e. The third-order valence-corrected chi connectivity index (χ3v) is 3.19. The molecule has 0 aliphatic carbocycles. The molecule has 0 aliphatic heterocycles. The molecule has 0 radical (unpaired) electrons. The van der Waals surface area contributed by atoms with Gasteiger partial charge in [-0.1, -0.05) is 6.07 Å². The molecule has 0 unspecified atom stereocenters. The zero-order chi connectivity index (χ0) is 15.4. The molecule has 114 valence electrons. The van der Waals surface area contributed by atoms with Gasteiger partial charge in [-0.05, 0) is 53.1 Å². The van der Waals surface area contributed by atoms with Crippen molar-refractivity contribution in [2.75, 3.05) is 32.6 Å². The van der Waals surface area contributed by atoms with Crippen molar-refractivity contribution in [1.29, 1.82) is 0 Å². The van der Waals surface area contributed by atoms with E-state index in [0.29, 0.717) is 12.6 Å². The highest BCUT2D eigenvalue weighted by Crippen LogP contribution is 2.30. The molecule has 2 rings (SSSR count). The molecule has 2 aromatic rings. The van der Waals surface area contributed by atoms with Crippen molar-refractivity contribution in [3.05, 3.63) is 30.0 Å². The van der Waals surface area contributed by atoms with Crippen molar-refractivity contribution >= 4 is 16.5 Å². The molecule has 4 heteroatoms. The van der Waals surface area contributed by atoms with E-state index in [1.165, 1.54) is 5.39 Å². The summed E-state index contributed by atoms with van der Waals surface area (Å²) in [5.41, 5.74) is 2.10. The number of hydrogen-bond acceptors (Lipinski definition) is 4. The first-order valence-electron chi connectivity index (χ1n) is 7.42. The van der Waals surface area contributed by atoms with Gasteiger partial charge in [-0.25, -0.2) is 4.98 Å². The molecule has 1 heterocycles. The van der Waals surface area contributed by atoms with Crippen LogP contribution < -0.4 is 10.1 Å². The Balaban J connectivity index is 2.37. The van der Waals surface area contributed by atoms with Gasteiger partial charge in [-0.3, -0.25) is 0 Å². The fraction of sp³-hybridized carbons (Fsp3) is 0.471. The highest BCUT2D eigenvalue weighted by molar-refractivity contribution is 5.97. The maximum absolute atomic E-state index is 5.89. The number of ether oxygens (including phenoxy) is 1. The fourth-order valence-corrected chi connectivity index (χ4v) is 2.24. The lowest BCUT2D eigenvalue weighted by atomic mass is 10.1. The van der Waals surface area contributed by atoms with E-state index in [9.17, 15) is 0 Å². The Morgan fingerprint density at radius 2 is 2.00 bits per heavy atom. The van der Waals surface area contributed by atoms with Crippen LogP contribution in [-0.2, 0) is 0 Å². The van der Waals surface area contributed by atoms with E-state index >= 15 is 0 Å². The van der Waals surface area contributed by atoms with Crippen LogP contribution in [0.3, 0.4) is 0 Å². The lowest BCUT2D eigenvalue weighted by molar-refractivity contribution is 0.256. The Morgan fingerprint density at radius 3 is 2.67 bits per heavy atom. The molecular weight excluding hydrogens is 262 g/mol. The van der Waals surface area contributed by atoms with E-state index < -0.39 is 0 Å². The molecular formula is C17H25N3O. The number of rotatable bonds is 6. The number of anilines is 1. The second-order valence-corrected chi connectivity index (χ2v) is 5.92. The van der Waals surface area contributed by atoms with Crippen LogP contribution >= 0.6 is 0 Å². The van der Waals surface area contributed by atoms with Gasteiger partial charge >= 0.3 is 0 Å². The monoisotopic (exact) mass is 287 g/mol. The Hall–Kier alpha value is -1.81. The molecule has 0 spiro atoms. The molecule has 4 nitrogen and oxygen atoms in total. The third-order valence-electron chi connectivity index (χ3n) is 3.19. The molecule has 0 amide bonds. The van der Waals surface area contributed by atoms with Gasteiger partial charge in [0.1, 0.15) is 6.61 Å². The van der Waals surface area contributed by atoms with Gasteiger partial charge in [0.05, 0.1) is 0 Å². The average Bonchev–Trinajstić information content (AvgIpc) is 2.38. The summed E-state index contributed by atoms with van der Waals surface area (Å²) in [4.78, 5) is 6.65. The van der Waals surface area contributed by atoms with Crippen LogP contribution in [0.4, 0.5) is 5.69 Å². The first-order chi connectivity index (χ1) is 9.97. The SMILES string of the molecule is Cc1cc2c(NC(C)C)cccc2c(OCCN(C)C)n1. The largest absolute Gasteiger partial charge is 0.476 e. The van der Waals surface area contributed by atoms with Crippen molar-refractivity contribution in [2.45, 2.75) is 26.8 Å². The van der Waals surface area contributed by atoms with Crippen LogP contribution in [0.2, 0.25) is 0 Å². The molecule has 1 aromatic carbocycles. The molecule has 1 N–H and O–H groups in total. The van der Waals surface area contributed by atoms with E-state index in [1.54, 1.807) is 0 Å². The van der Waals surface area contributed by atoms with Crippen LogP contribution in [-0.4, -0.2) is 43.2 Å². The van der Waals surface area contributed by atoms with Crippen LogP contribution in [0.15, 0.2) is 24.3 Å². The van der Waals surface area contributed by atoms with Crippen molar-refractivity contribution in [3.63, 3.8) is 0 Å². The Kier molecular flexibility index (Phi) is 5.02. The smallest absolute Gasteiger partial charge is 0.221 e. The fourth-order valence-electron chi connectivity index (χ4n) is 2.24. The lowest BCUT2D eigenvalue weighted by Crippen LogP contribution is -2.19. The van der Waals surface area contributed by atoms with Crippen LogP contribution in [0, 0.1) is 6.92 Å². The highest BCUT2D eigenvalue weighted by Gasteiger charge is 2.09. The third kappa shape index (κ3) is 4.08. The predicted octanol–water partition coefficient (Wildman–Crippen LogP) is 3.30. The Morgan fingerprint density at radius 1 is 1.24 bits per heavy atom. The van der Waals surface area contributed by atoms with Crippen molar-refractivity contribution in [1.82, 2.24) is 9.88 Å². The number of benzene rings is 1. The quantitative estimate of drug-likeness (QED) is 0.884. The standard InChI is InChI=1S/C17H25N3O/c1-12(2)18-16-8-6-7-14-15(16)11-13(3)19-17(14)21-10-9-20(4)5/h6-8,11-12,18H,9-10H2,1-5H3. The van der Waals surface area contributed by atoms with Crippen molar-refractivity contribution in [2.24, 2.45) is 0 Å².